The zero-order chi connectivity index (χ0) is 13.5. The lowest BCUT2D eigenvalue weighted by atomic mass is 9.51. The fraction of sp³-hybridized carbons (Fsp3) is 0.824. The number of nitrogens with zero attached hydrogens (tertiary/aromatic N) is 1. The molecule has 4 aliphatic carbocycles. The first-order valence-electron chi connectivity index (χ1n) is 8.48. The molecule has 0 radical (unpaired) electrons. The van der Waals surface area contributed by atoms with Crippen LogP contribution < -0.4 is 5.32 Å². The van der Waals surface area contributed by atoms with Crippen molar-refractivity contribution in [2.45, 2.75) is 51.4 Å². The van der Waals surface area contributed by atoms with Crippen LogP contribution in [0.3, 0.4) is 0 Å². The number of nitrogens with one attached hydrogen (secondary N) is 1. The molecule has 110 valence electrons. The lowest BCUT2D eigenvalue weighted by Crippen LogP contribution is -2.43. The third kappa shape index (κ3) is 2.20. The molecule has 0 saturated heterocycles. The number of likely N-dealkylation sites (N-methyl/N-ethyl adjacent to an activating group) is 1. The largest absolute Gasteiger partial charge is 0.445 e. The molecule has 0 aromatic carbocycles. The molecule has 4 aliphatic rings. The van der Waals surface area contributed by atoms with Crippen LogP contribution in [0.15, 0.2) is 10.6 Å². The minimum atomic E-state index is 0.684. The predicted molar refractivity (Wildman–Crippen MR) is 78.5 cm³/mol. The van der Waals surface area contributed by atoms with Gasteiger partial charge in [0.05, 0.1) is 6.20 Å². The fourth-order valence-corrected chi connectivity index (χ4v) is 5.36. The highest BCUT2D eigenvalue weighted by Gasteiger charge is 2.49. The summed E-state index contributed by atoms with van der Waals surface area (Å²) in [6.45, 7) is 4.12. The Morgan fingerprint density at radius 3 is 2.50 bits per heavy atom. The molecule has 0 aliphatic heterocycles. The molecule has 3 nitrogen and oxygen atoms in total. The zero-order valence-corrected chi connectivity index (χ0v) is 12.5. The van der Waals surface area contributed by atoms with Crippen molar-refractivity contribution in [2.75, 3.05) is 13.1 Å². The van der Waals surface area contributed by atoms with Crippen LogP contribution in [0.2, 0.25) is 0 Å². The second-order valence-electron chi connectivity index (χ2n) is 7.22. The van der Waals surface area contributed by atoms with Gasteiger partial charge in [0.2, 0.25) is 0 Å². The van der Waals surface area contributed by atoms with Crippen molar-refractivity contribution in [1.82, 2.24) is 10.3 Å². The van der Waals surface area contributed by atoms with Crippen molar-refractivity contribution >= 4 is 0 Å². The van der Waals surface area contributed by atoms with Crippen LogP contribution in [0.1, 0.15) is 56.6 Å². The van der Waals surface area contributed by atoms with E-state index in [2.05, 4.69) is 17.2 Å². The molecule has 4 saturated carbocycles. The van der Waals surface area contributed by atoms with Crippen LogP contribution in [0.4, 0.5) is 0 Å². The molecule has 1 aromatic rings. The van der Waals surface area contributed by atoms with Gasteiger partial charge >= 0.3 is 0 Å². The maximum absolute atomic E-state index is 6.11. The highest BCUT2D eigenvalue weighted by molar-refractivity contribution is 5.13. The number of hydrogen-bond donors (Lipinski definition) is 1. The average molecular weight is 274 g/mol. The lowest BCUT2D eigenvalue weighted by Gasteiger charge is -2.53. The molecule has 3 heteroatoms. The first-order valence-corrected chi connectivity index (χ1v) is 8.48. The molecular weight excluding hydrogens is 248 g/mol. The van der Waals surface area contributed by atoms with Crippen molar-refractivity contribution in [3.63, 3.8) is 0 Å². The molecule has 0 spiro atoms. The molecule has 20 heavy (non-hydrogen) atoms. The van der Waals surface area contributed by atoms with Crippen molar-refractivity contribution in [2.24, 2.45) is 23.7 Å². The summed E-state index contributed by atoms with van der Waals surface area (Å²) in [5.41, 5.74) is 0. The Labute approximate surface area is 121 Å². The highest BCUT2D eigenvalue weighted by atomic mass is 16.4. The third-order valence-corrected chi connectivity index (χ3v) is 5.89. The van der Waals surface area contributed by atoms with Gasteiger partial charge in [-0.15, -0.1) is 0 Å². The first-order chi connectivity index (χ1) is 9.83. The quantitative estimate of drug-likeness (QED) is 0.837. The van der Waals surface area contributed by atoms with E-state index in [4.69, 9.17) is 4.42 Å². The minimum Gasteiger partial charge on any atom is -0.445 e. The molecule has 0 unspecified atom stereocenters. The van der Waals surface area contributed by atoms with Crippen molar-refractivity contribution in [3.05, 3.63) is 17.8 Å². The molecule has 0 amide bonds. The van der Waals surface area contributed by atoms with Gasteiger partial charge in [-0.25, -0.2) is 4.98 Å². The Balaban J connectivity index is 1.47. The summed E-state index contributed by atoms with van der Waals surface area (Å²) in [6, 6.07) is 0. The van der Waals surface area contributed by atoms with Gasteiger partial charge in [-0.2, -0.15) is 0 Å². The van der Waals surface area contributed by atoms with Crippen LogP contribution in [-0.4, -0.2) is 18.1 Å². The lowest BCUT2D eigenvalue weighted by molar-refractivity contribution is -0.00991. The molecule has 1 N–H and O–H groups in total. The van der Waals surface area contributed by atoms with Gasteiger partial charge in [0.15, 0.2) is 5.89 Å². The summed E-state index contributed by atoms with van der Waals surface area (Å²) in [6.07, 6.45) is 10.3. The number of aromatic nitrogens is 1. The van der Waals surface area contributed by atoms with Gasteiger partial charge < -0.3 is 9.73 Å². The fourth-order valence-electron chi connectivity index (χ4n) is 5.36. The average Bonchev–Trinajstić information content (AvgIpc) is 2.86. The summed E-state index contributed by atoms with van der Waals surface area (Å²) in [7, 11) is 0. The number of hydrogen-bond acceptors (Lipinski definition) is 3. The van der Waals surface area contributed by atoms with Gasteiger partial charge in [-0.3, -0.25) is 0 Å². The normalized spacial score (nSPS) is 38.5. The van der Waals surface area contributed by atoms with Crippen molar-refractivity contribution < 1.29 is 4.42 Å². The Kier molecular flexibility index (Phi) is 3.33. The van der Waals surface area contributed by atoms with Gasteiger partial charge in [0.1, 0.15) is 5.76 Å². The van der Waals surface area contributed by atoms with E-state index in [-0.39, 0.29) is 0 Å². The van der Waals surface area contributed by atoms with Crippen LogP contribution >= 0.6 is 0 Å². The van der Waals surface area contributed by atoms with E-state index in [1.807, 2.05) is 6.20 Å². The molecule has 5 rings (SSSR count). The summed E-state index contributed by atoms with van der Waals surface area (Å²) in [5, 5.41) is 3.34. The monoisotopic (exact) mass is 274 g/mol. The van der Waals surface area contributed by atoms with E-state index < -0.39 is 0 Å². The van der Waals surface area contributed by atoms with E-state index in [1.165, 1.54) is 37.9 Å². The van der Waals surface area contributed by atoms with Gasteiger partial charge in [-0.1, -0.05) is 6.92 Å². The second kappa shape index (κ2) is 5.18. The molecular formula is C17H26N2O. The number of rotatable bonds is 5. The molecule has 0 atom stereocenters. The summed E-state index contributed by atoms with van der Waals surface area (Å²) < 4.78 is 6.11. The van der Waals surface area contributed by atoms with Gasteiger partial charge in [0, 0.05) is 18.9 Å². The standard InChI is InChI=1S/C17H26N2O/c1-2-18-4-3-16-19-10-15(20-16)17-13-6-11-5-12(8-13)9-14(17)7-11/h10-14,17-18H,2-9H2,1H3. The Hall–Kier alpha value is -0.830. The van der Waals surface area contributed by atoms with Gasteiger partial charge in [0.25, 0.3) is 0 Å². The second-order valence-corrected chi connectivity index (χ2v) is 7.22. The molecule has 1 aromatic heterocycles. The topological polar surface area (TPSA) is 38.1 Å². The first kappa shape index (κ1) is 12.9. The molecule has 1 heterocycles. The Morgan fingerprint density at radius 1 is 1.15 bits per heavy atom. The van der Waals surface area contributed by atoms with Crippen molar-refractivity contribution in [3.8, 4) is 0 Å². The SMILES string of the molecule is CCNCCc1ncc(C2C3CC4CC(C3)CC2C4)o1. The predicted octanol–water partition coefficient (Wildman–Crippen LogP) is 3.37. The van der Waals surface area contributed by atoms with Crippen LogP contribution in [0.5, 0.6) is 0 Å². The Morgan fingerprint density at radius 2 is 1.85 bits per heavy atom. The summed E-state index contributed by atoms with van der Waals surface area (Å²) in [4.78, 5) is 4.51. The maximum atomic E-state index is 6.11. The van der Waals surface area contributed by atoms with E-state index in [0.29, 0.717) is 5.92 Å². The van der Waals surface area contributed by atoms with Crippen molar-refractivity contribution in [1.29, 1.82) is 0 Å². The number of oxazole rings is 1. The maximum Gasteiger partial charge on any atom is 0.195 e. The Bertz CT molecular complexity index is 439. The molecule has 4 fully saturated rings. The van der Waals surface area contributed by atoms with E-state index in [1.54, 1.807) is 0 Å². The summed E-state index contributed by atoms with van der Waals surface area (Å²) in [5.74, 6) is 6.65. The third-order valence-electron chi connectivity index (χ3n) is 5.89. The van der Waals surface area contributed by atoms with E-state index in [0.717, 1.165) is 49.1 Å². The van der Waals surface area contributed by atoms with Crippen LogP contribution in [0, 0.1) is 23.7 Å². The summed E-state index contributed by atoms with van der Waals surface area (Å²) >= 11 is 0. The molecule has 4 bridgehead atoms. The highest BCUT2D eigenvalue weighted by Crippen LogP contribution is 2.59. The van der Waals surface area contributed by atoms with E-state index in [9.17, 15) is 0 Å². The smallest absolute Gasteiger partial charge is 0.195 e. The van der Waals surface area contributed by atoms with Crippen LogP contribution in [-0.2, 0) is 6.42 Å². The minimum absolute atomic E-state index is 0.684. The van der Waals surface area contributed by atoms with Gasteiger partial charge in [-0.05, 0) is 62.3 Å². The van der Waals surface area contributed by atoms with E-state index >= 15 is 0 Å². The van der Waals surface area contributed by atoms with Crippen LogP contribution in [0.25, 0.3) is 0 Å². The zero-order valence-electron chi connectivity index (χ0n) is 12.5.